The summed E-state index contributed by atoms with van der Waals surface area (Å²) in [5, 5.41) is 8.92. The van der Waals surface area contributed by atoms with E-state index >= 15 is 0 Å². The van der Waals surface area contributed by atoms with Crippen molar-refractivity contribution in [2.45, 2.75) is 18.9 Å². The van der Waals surface area contributed by atoms with Crippen molar-refractivity contribution in [3.8, 4) is 0 Å². The van der Waals surface area contributed by atoms with Crippen LogP contribution in [0.3, 0.4) is 0 Å². The lowest BCUT2D eigenvalue weighted by molar-refractivity contribution is -0.141. The molecule has 0 aliphatic heterocycles. The molecule has 0 spiro atoms. The summed E-state index contributed by atoms with van der Waals surface area (Å²) in [7, 11) is 0. The van der Waals surface area contributed by atoms with Crippen LogP contribution >= 0.6 is 0 Å². The van der Waals surface area contributed by atoms with E-state index in [2.05, 4.69) is 0 Å². The largest absolute Gasteiger partial charge is 0.480 e. The molecule has 0 heterocycles. The van der Waals surface area contributed by atoms with E-state index in [1.165, 1.54) is 0 Å². The number of ketones is 1. The van der Waals surface area contributed by atoms with E-state index in [4.69, 9.17) is 10.8 Å². The van der Waals surface area contributed by atoms with E-state index < -0.39 is 17.3 Å². The molecule has 80 valence electrons. The highest BCUT2D eigenvalue weighted by atomic mass is 16.4. The van der Waals surface area contributed by atoms with E-state index in [1.54, 1.807) is 37.3 Å². The summed E-state index contributed by atoms with van der Waals surface area (Å²) in [6.45, 7) is 1.58. The van der Waals surface area contributed by atoms with E-state index in [0.29, 0.717) is 5.56 Å². The topological polar surface area (TPSA) is 80.4 Å². The van der Waals surface area contributed by atoms with Gasteiger partial charge in [-0.05, 0) is 6.42 Å². The van der Waals surface area contributed by atoms with Crippen LogP contribution < -0.4 is 5.73 Å². The average molecular weight is 207 g/mol. The number of hydrogen-bond acceptors (Lipinski definition) is 3. The summed E-state index contributed by atoms with van der Waals surface area (Å²) in [5.41, 5.74) is 4.07. The Labute approximate surface area is 87.7 Å². The van der Waals surface area contributed by atoms with Crippen molar-refractivity contribution in [2.24, 2.45) is 5.73 Å². The first-order valence-corrected chi connectivity index (χ1v) is 4.64. The van der Waals surface area contributed by atoms with Crippen molar-refractivity contribution in [3.63, 3.8) is 0 Å². The van der Waals surface area contributed by atoms with Crippen LogP contribution in [-0.4, -0.2) is 22.4 Å². The first-order chi connectivity index (χ1) is 7.02. The Bertz CT molecular complexity index is 375. The zero-order valence-electron chi connectivity index (χ0n) is 8.43. The summed E-state index contributed by atoms with van der Waals surface area (Å²) in [6, 6.07) is 8.21. The molecule has 1 unspecified atom stereocenters. The Morgan fingerprint density at radius 1 is 1.33 bits per heavy atom. The molecule has 1 aromatic carbocycles. The molecule has 0 aliphatic rings. The van der Waals surface area contributed by atoms with Gasteiger partial charge in [0, 0.05) is 5.56 Å². The zero-order valence-corrected chi connectivity index (χ0v) is 8.43. The molecule has 15 heavy (non-hydrogen) atoms. The van der Waals surface area contributed by atoms with Crippen LogP contribution in [0.4, 0.5) is 0 Å². The summed E-state index contributed by atoms with van der Waals surface area (Å²) in [4.78, 5) is 22.8. The third-order valence-corrected chi connectivity index (χ3v) is 2.38. The second-order valence-corrected chi connectivity index (χ2v) is 3.33. The smallest absolute Gasteiger partial charge is 0.331 e. The van der Waals surface area contributed by atoms with Gasteiger partial charge in [-0.3, -0.25) is 4.79 Å². The van der Waals surface area contributed by atoms with Gasteiger partial charge in [-0.2, -0.15) is 0 Å². The summed E-state index contributed by atoms with van der Waals surface area (Å²) < 4.78 is 0. The van der Waals surface area contributed by atoms with Crippen molar-refractivity contribution >= 4 is 11.8 Å². The number of carboxylic acid groups (broad SMARTS) is 1. The molecular formula is C11H13NO3. The van der Waals surface area contributed by atoms with Gasteiger partial charge in [0.15, 0.2) is 11.3 Å². The Hall–Kier alpha value is -1.68. The normalized spacial score (nSPS) is 14.3. The van der Waals surface area contributed by atoms with E-state index in [0.717, 1.165) is 0 Å². The average Bonchev–Trinajstić information content (AvgIpc) is 2.28. The molecule has 0 aliphatic carbocycles. The Kier molecular flexibility index (Phi) is 3.21. The lowest BCUT2D eigenvalue weighted by Gasteiger charge is -2.21. The van der Waals surface area contributed by atoms with Crippen molar-refractivity contribution in [2.75, 3.05) is 0 Å². The molecule has 0 bridgehead atoms. The van der Waals surface area contributed by atoms with Gasteiger partial charge in [-0.25, -0.2) is 4.79 Å². The monoisotopic (exact) mass is 207 g/mol. The van der Waals surface area contributed by atoms with Gasteiger partial charge in [0.1, 0.15) is 0 Å². The van der Waals surface area contributed by atoms with Crippen LogP contribution in [0.1, 0.15) is 23.7 Å². The predicted octanol–water partition coefficient (Wildman–Crippen LogP) is 1.06. The Balaban J connectivity index is 3.08. The summed E-state index contributed by atoms with van der Waals surface area (Å²) >= 11 is 0. The molecule has 3 N–H and O–H groups in total. The van der Waals surface area contributed by atoms with Crippen LogP contribution in [0.25, 0.3) is 0 Å². The molecular weight excluding hydrogens is 194 g/mol. The molecule has 1 aromatic rings. The Morgan fingerprint density at radius 3 is 2.27 bits per heavy atom. The lowest BCUT2D eigenvalue weighted by Crippen LogP contribution is -2.54. The quantitative estimate of drug-likeness (QED) is 0.571. The molecule has 1 rings (SSSR count). The highest BCUT2D eigenvalue weighted by Crippen LogP contribution is 2.15. The third-order valence-electron chi connectivity index (χ3n) is 2.38. The predicted molar refractivity (Wildman–Crippen MR) is 55.6 cm³/mol. The fourth-order valence-corrected chi connectivity index (χ4v) is 1.26. The molecule has 0 radical (unpaired) electrons. The number of rotatable bonds is 4. The number of carbonyl (C=O) groups is 2. The van der Waals surface area contributed by atoms with Crippen LogP contribution in [-0.2, 0) is 4.79 Å². The first kappa shape index (κ1) is 11.4. The highest BCUT2D eigenvalue weighted by Gasteiger charge is 2.40. The summed E-state index contributed by atoms with van der Waals surface area (Å²) in [6.07, 6.45) is 0.0655. The van der Waals surface area contributed by atoms with Gasteiger partial charge in [-0.1, -0.05) is 37.3 Å². The van der Waals surface area contributed by atoms with Gasteiger partial charge in [0.25, 0.3) is 0 Å². The fraction of sp³-hybridized carbons (Fsp3) is 0.273. The number of carbonyl (C=O) groups excluding carboxylic acids is 1. The minimum absolute atomic E-state index is 0.0655. The number of carboxylic acids is 1. The van der Waals surface area contributed by atoms with Gasteiger partial charge >= 0.3 is 5.97 Å². The molecule has 0 saturated heterocycles. The van der Waals surface area contributed by atoms with Crippen molar-refractivity contribution < 1.29 is 14.7 Å². The fourth-order valence-electron chi connectivity index (χ4n) is 1.26. The number of Topliss-reactive ketones (excluding diaryl/α,β-unsaturated/α-hetero) is 1. The second kappa shape index (κ2) is 4.23. The van der Waals surface area contributed by atoms with Gasteiger partial charge < -0.3 is 10.8 Å². The van der Waals surface area contributed by atoms with Crippen LogP contribution in [0.5, 0.6) is 0 Å². The molecule has 0 saturated carbocycles. The van der Waals surface area contributed by atoms with Crippen molar-refractivity contribution in [1.82, 2.24) is 0 Å². The van der Waals surface area contributed by atoms with Gasteiger partial charge in [-0.15, -0.1) is 0 Å². The van der Waals surface area contributed by atoms with E-state index in [-0.39, 0.29) is 6.42 Å². The zero-order chi connectivity index (χ0) is 11.5. The molecule has 1 atom stereocenters. The van der Waals surface area contributed by atoms with Gasteiger partial charge in [0.05, 0.1) is 0 Å². The molecule has 0 fully saturated rings. The maximum atomic E-state index is 11.8. The first-order valence-electron chi connectivity index (χ1n) is 4.64. The molecule has 0 amide bonds. The molecule has 0 aromatic heterocycles. The lowest BCUT2D eigenvalue weighted by atomic mass is 9.88. The number of hydrogen-bond donors (Lipinski definition) is 2. The number of benzene rings is 1. The minimum Gasteiger partial charge on any atom is -0.480 e. The van der Waals surface area contributed by atoms with Crippen LogP contribution in [0.15, 0.2) is 30.3 Å². The van der Waals surface area contributed by atoms with Crippen LogP contribution in [0.2, 0.25) is 0 Å². The summed E-state index contributed by atoms with van der Waals surface area (Å²) in [5.74, 6) is -1.85. The standard InChI is InChI=1S/C11H13NO3/c1-2-11(12,10(14)15)9(13)8-6-4-3-5-7-8/h3-7H,2,12H2,1H3,(H,14,15). The van der Waals surface area contributed by atoms with Gasteiger partial charge in [0.2, 0.25) is 0 Å². The highest BCUT2D eigenvalue weighted by molar-refractivity contribution is 6.15. The second-order valence-electron chi connectivity index (χ2n) is 3.33. The van der Waals surface area contributed by atoms with E-state index in [1.807, 2.05) is 0 Å². The molecule has 4 heteroatoms. The van der Waals surface area contributed by atoms with Crippen molar-refractivity contribution in [1.29, 1.82) is 0 Å². The maximum Gasteiger partial charge on any atom is 0.331 e. The van der Waals surface area contributed by atoms with E-state index in [9.17, 15) is 9.59 Å². The SMILES string of the molecule is CCC(N)(C(=O)O)C(=O)c1ccccc1. The number of nitrogens with two attached hydrogens (primary N) is 1. The number of aliphatic carboxylic acids is 1. The van der Waals surface area contributed by atoms with Crippen LogP contribution in [0, 0.1) is 0 Å². The minimum atomic E-state index is -1.82. The van der Waals surface area contributed by atoms with Crippen molar-refractivity contribution in [3.05, 3.63) is 35.9 Å². The Morgan fingerprint density at radius 2 is 1.87 bits per heavy atom. The maximum absolute atomic E-state index is 11.8. The molecule has 4 nitrogen and oxygen atoms in total. The third kappa shape index (κ3) is 2.05.